The zero-order valence-corrected chi connectivity index (χ0v) is 20.3. The van der Waals surface area contributed by atoms with Crippen molar-refractivity contribution in [1.82, 2.24) is 20.6 Å². The molecule has 3 rings (SSSR count). The summed E-state index contributed by atoms with van der Waals surface area (Å²) in [5, 5.41) is 6.72. The van der Waals surface area contributed by atoms with Gasteiger partial charge in [0.2, 0.25) is 5.89 Å². The predicted molar refractivity (Wildman–Crippen MR) is 132 cm³/mol. The lowest BCUT2D eigenvalue weighted by atomic mass is 9.89. The molecule has 0 amide bonds. The van der Waals surface area contributed by atoms with Crippen LogP contribution in [0.3, 0.4) is 0 Å². The Labute approximate surface area is 195 Å². The summed E-state index contributed by atoms with van der Waals surface area (Å²) in [6, 6.07) is 12.2. The number of guanidine groups is 1. The lowest BCUT2D eigenvalue weighted by Gasteiger charge is -2.22. The van der Waals surface area contributed by atoms with Crippen LogP contribution in [0.15, 0.2) is 64.5 Å². The van der Waals surface area contributed by atoms with Crippen LogP contribution in [0.1, 0.15) is 36.6 Å². The largest absolute Gasteiger partial charge is 0.444 e. The molecule has 1 unspecified atom stereocenters. The molecule has 0 aliphatic carbocycles. The van der Waals surface area contributed by atoms with Gasteiger partial charge in [0.1, 0.15) is 6.26 Å². The van der Waals surface area contributed by atoms with Crippen LogP contribution in [0.25, 0.3) is 11.5 Å². The van der Waals surface area contributed by atoms with Gasteiger partial charge >= 0.3 is 0 Å². The van der Waals surface area contributed by atoms with Crippen LogP contribution in [0, 0.1) is 12.8 Å². The zero-order chi connectivity index (χ0) is 20.6. The molecule has 1 atom stereocenters. The molecule has 1 aromatic carbocycles. The molecule has 30 heavy (non-hydrogen) atoms. The van der Waals surface area contributed by atoms with E-state index in [2.05, 4.69) is 64.6 Å². The number of hydrogen-bond acceptors (Lipinski definition) is 4. The van der Waals surface area contributed by atoms with Crippen molar-refractivity contribution in [2.24, 2.45) is 10.9 Å². The Hall–Kier alpha value is -2.42. The minimum Gasteiger partial charge on any atom is -0.444 e. The minimum absolute atomic E-state index is 0. The summed E-state index contributed by atoms with van der Waals surface area (Å²) in [7, 11) is 1.77. The average Bonchev–Trinajstić information content (AvgIpc) is 3.20. The maximum atomic E-state index is 5.63. The van der Waals surface area contributed by atoms with Gasteiger partial charge in [-0.2, -0.15) is 0 Å². The zero-order valence-electron chi connectivity index (χ0n) is 17.9. The number of aryl methyl sites for hydroxylation is 1. The normalized spacial score (nSPS) is 12.4. The fourth-order valence-electron chi connectivity index (χ4n) is 3.15. The second-order valence-corrected chi connectivity index (χ2v) is 7.45. The molecule has 0 aliphatic rings. The predicted octanol–water partition coefficient (Wildman–Crippen LogP) is 4.77. The molecule has 7 heteroatoms. The lowest BCUT2D eigenvalue weighted by molar-refractivity contribution is 0.486. The summed E-state index contributed by atoms with van der Waals surface area (Å²) < 4.78 is 5.63. The fraction of sp³-hybridized carbons (Fsp3) is 0.348. The van der Waals surface area contributed by atoms with Gasteiger partial charge in [0.25, 0.3) is 0 Å². The summed E-state index contributed by atoms with van der Waals surface area (Å²) in [6.45, 7) is 7.81. The summed E-state index contributed by atoms with van der Waals surface area (Å²) in [5.74, 6) is 2.19. The Morgan fingerprint density at radius 2 is 1.90 bits per heavy atom. The highest BCUT2D eigenvalue weighted by molar-refractivity contribution is 14.0. The van der Waals surface area contributed by atoms with Crippen molar-refractivity contribution in [2.45, 2.75) is 33.2 Å². The van der Waals surface area contributed by atoms with E-state index in [0.717, 1.165) is 23.8 Å². The summed E-state index contributed by atoms with van der Waals surface area (Å²) in [5.41, 5.74) is 4.24. The van der Waals surface area contributed by atoms with Gasteiger partial charge in [-0.05, 0) is 36.6 Å². The first kappa shape index (κ1) is 23.9. The molecule has 2 heterocycles. The van der Waals surface area contributed by atoms with Crippen molar-refractivity contribution in [3.05, 3.63) is 71.9 Å². The summed E-state index contributed by atoms with van der Waals surface area (Å²) in [4.78, 5) is 13.1. The third kappa shape index (κ3) is 6.55. The summed E-state index contributed by atoms with van der Waals surface area (Å²) in [6.07, 6.45) is 5.42. The molecule has 160 valence electrons. The fourth-order valence-corrected chi connectivity index (χ4v) is 3.15. The third-order valence-corrected chi connectivity index (χ3v) is 4.92. The van der Waals surface area contributed by atoms with Crippen molar-refractivity contribution < 1.29 is 4.42 Å². The van der Waals surface area contributed by atoms with Crippen LogP contribution in [0.4, 0.5) is 0 Å². The number of benzene rings is 1. The van der Waals surface area contributed by atoms with Gasteiger partial charge in [-0.25, -0.2) is 4.98 Å². The molecule has 0 saturated heterocycles. The molecule has 0 radical (unpaired) electrons. The summed E-state index contributed by atoms with van der Waals surface area (Å²) >= 11 is 0. The van der Waals surface area contributed by atoms with Crippen molar-refractivity contribution in [3.8, 4) is 11.5 Å². The maximum Gasteiger partial charge on any atom is 0.226 e. The molecule has 0 fully saturated rings. The van der Waals surface area contributed by atoms with Crippen LogP contribution in [-0.2, 0) is 6.54 Å². The van der Waals surface area contributed by atoms with E-state index in [-0.39, 0.29) is 24.0 Å². The number of nitrogens with one attached hydrogen (secondary N) is 2. The smallest absolute Gasteiger partial charge is 0.226 e. The van der Waals surface area contributed by atoms with Crippen LogP contribution >= 0.6 is 24.0 Å². The molecule has 0 aliphatic heterocycles. The van der Waals surface area contributed by atoms with E-state index in [1.807, 2.05) is 24.4 Å². The molecular weight excluding hydrogens is 489 g/mol. The number of aromatic nitrogens is 2. The topological polar surface area (TPSA) is 75.3 Å². The van der Waals surface area contributed by atoms with E-state index >= 15 is 0 Å². The van der Waals surface area contributed by atoms with Gasteiger partial charge < -0.3 is 15.1 Å². The maximum absolute atomic E-state index is 5.63. The van der Waals surface area contributed by atoms with Gasteiger partial charge in [0.15, 0.2) is 5.96 Å². The standard InChI is InChI=1S/C23H29N5O.HI/c1-16(2)21(19-6-5-11-25-12-19)14-27-23(24-4)26-13-20-15-29-22(28-20)18-9-7-17(3)8-10-18;/h5-12,15-16,21H,13-14H2,1-4H3,(H2,24,26,27);1H. The molecular formula is C23H30IN5O. The second-order valence-electron chi connectivity index (χ2n) is 7.45. The molecule has 6 nitrogen and oxygen atoms in total. The van der Waals surface area contributed by atoms with E-state index in [4.69, 9.17) is 4.42 Å². The number of aliphatic imine (C=N–C) groups is 1. The first-order valence-electron chi connectivity index (χ1n) is 9.92. The van der Waals surface area contributed by atoms with Crippen LogP contribution in [0.2, 0.25) is 0 Å². The van der Waals surface area contributed by atoms with Gasteiger partial charge in [0, 0.05) is 37.5 Å². The number of rotatable bonds is 7. The number of halogens is 1. The molecule has 0 bridgehead atoms. The Kier molecular flexibility index (Phi) is 9.29. The molecule has 0 spiro atoms. The van der Waals surface area contributed by atoms with Crippen molar-refractivity contribution >= 4 is 29.9 Å². The first-order valence-corrected chi connectivity index (χ1v) is 9.92. The lowest BCUT2D eigenvalue weighted by Crippen LogP contribution is -2.39. The van der Waals surface area contributed by atoms with Gasteiger partial charge in [0.05, 0.1) is 12.2 Å². The van der Waals surface area contributed by atoms with Crippen molar-refractivity contribution in [1.29, 1.82) is 0 Å². The second kappa shape index (κ2) is 11.7. The van der Waals surface area contributed by atoms with Crippen LogP contribution in [-0.4, -0.2) is 29.5 Å². The number of oxazole rings is 1. The monoisotopic (exact) mass is 519 g/mol. The highest BCUT2D eigenvalue weighted by Gasteiger charge is 2.16. The number of nitrogens with zero attached hydrogens (tertiary/aromatic N) is 3. The van der Waals surface area contributed by atoms with Crippen LogP contribution < -0.4 is 10.6 Å². The van der Waals surface area contributed by atoms with E-state index in [1.165, 1.54) is 11.1 Å². The molecule has 0 saturated carbocycles. The molecule has 3 aromatic rings. The Bertz CT molecular complexity index is 922. The van der Waals surface area contributed by atoms with Gasteiger partial charge in [-0.3, -0.25) is 9.98 Å². The molecule has 2 aromatic heterocycles. The SMILES string of the molecule is CN=C(NCc1coc(-c2ccc(C)cc2)n1)NCC(c1cccnc1)C(C)C.I. The number of hydrogen-bond donors (Lipinski definition) is 2. The quantitative estimate of drug-likeness (QED) is 0.267. The van der Waals surface area contributed by atoms with E-state index in [0.29, 0.717) is 24.3 Å². The minimum atomic E-state index is 0. The Balaban J connectivity index is 0.00000320. The Morgan fingerprint density at radius 3 is 2.53 bits per heavy atom. The van der Waals surface area contributed by atoms with Crippen molar-refractivity contribution in [2.75, 3.05) is 13.6 Å². The van der Waals surface area contributed by atoms with Crippen LogP contribution in [0.5, 0.6) is 0 Å². The molecule has 2 N–H and O–H groups in total. The average molecular weight is 519 g/mol. The Morgan fingerprint density at radius 1 is 1.13 bits per heavy atom. The van der Waals surface area contributed by atoms with Gasteiger partial charge in [-0.15, -0.1) is 24.0 Å². The van der Waals surface area contributed by atoms with E-state index in [9.17, 15) is 0 Å². The third-order valence-electron chi connectivity index (χ3n) is 4.92. The highest BCUT2D eigenvalue weighted by Crippen LogP contribution is 2.22. The number of pyridine rings is 1. The highest BCUT2D eigenvalue weighted by atomic mass is 127. The first-order chi connectivity index (χ1) is 14.1. The van der Waals surface area contributed by atoms with Crippen molar-refractivity contribution in [3.63, 3.8) is 0 Å². The van der Waals surface area contributed by atoms with E-state index < -0.39 is 0 Å². The van der Waals surface area contributed by atoms with Gasteiger partial charge in [-0.1, -0.05) is 37.6 Å². The van der Waals surface area contributed by atoms with E-state index in [1.54, 1.807) is 19.5 Å².